The Hall–Kier alpha value is -1.14. The maximum atomic E-state index is 13.2. The summed E-state index contributed by atoms with van der Waals surface area (Å²) in [4.78, 5) is 13.8. The Labute approximate surface area is 126 Å². The number of carbonyl (C=O) groups excluding carboxylic acids is 1. The number of rotatable bonds is 2. The first-order valence-electron chi connectivity index (χ1n) is 6.66. The van der Waals surface area contributed by atoms with Crippen LogP contribution in [0.5, 0.6) is 0 Å². The molecule has 4 nitrogen and oxygen atoms in total. The van der Waals surface area contributed by atoms with Gasteiger partial charge in [0.1, 0.15) is 5.82 Å². The van der Waals surface area contributed by atoms with Crippen LogP contribution in [0.1, 0.15) is 19.8 Å². The summed E-state index contributed by atoms with van der Waals surface area (Å²) in [5.41, 5.74) is 0.424. The highest BCUT2D eigenvalue weighted by atomic mass is 79.9. The number of amides is 2. The number of aliphatic hydroxyl groups excluding tert-OH is 1. The van der Waals surface area contributed by atoms with Crippen LogP contribution in [-0.2, 0) is 0 Å². The molecule has 20 heavy (non-hydrogen) atoms. The molecule has 1 aromatic carbocycles. The summed E-state index contributed by atoms with van der Waals surface area (Å²) in [6, 6.07) is 3.93. The summed E-state index contributed by atoms with van der Waals surface area (Å²) in [5, 5.41) is 12.2. The van der Waals surface area contributed by atoms with Crippen molar-refractivity contribution in [3.8, 4) is 0 Å². The number of halogens is 2. The van der Waals surface area contributed by atoms with Crippen LogP contribution in [-0.4, -0.2) is 35.2 Å². The second kappa shape index (κ2) is 6.54. The van der Waals surface area contributed by atoms with Gasteiger partial charge in [-0.05, 0) is 59.8 Å². The first-order valence-corrected chi connectivity index (χ1v) is 7.45. The fourth-order valence-electron chi connectivity index (χ4n) is 2.37. The van der Waals surface area contributed by atoms with Gasteiger partial charge >= 0.3 is 6.03 Å². The van der Waals surface area contributed by atoms with Gasteiger partial charge in [0, 0.05) is 17.6 Å². The smallest absolute Gasteiger partial charge is 0.321 e. The Morgan fingerprint density at radius 2 is 2.15 bits per heavy atom. The third-order valence-electron chi connectivity index (χ3n) is 3.68. The van der Waals surface area contributed by atoms with Crippen molar-refractivity contribution in [3.05, 3.63) is 28.5 Å². The van der Waals surface area contributed by atoms with Crippen molar-refractivity contribution in [2.45, 2.75) is 25.9 Å². The van der Waals surface area contributed by atoms with E-state index in [2.05, 4.69) is 21.2 Å². The standard InChI is InChI=1S/C14H18BrFN2O2/c1-9(19)10-4-6-18(7-5-10)14(20)17-13-8-11(16)2-3-12(13)15/h2-3,8-10,19H,4-7H2,1H3,(H,17,20). The van der Waals surface area contributed by atoms with Gasteiger partial charge in [-0.15, -0.1) is 0 Å². The minimum atomic E-state index is -0.392. The lowest BCUT2D eigenvalue weighted by atomic mass is 9.92. The molecular formula is C14H18BrFN2O2. The lowest BCUT2D eigenvalue weighted by Gasteiger charge is -2.33. The molecule has 0 saturated carbocycles. The van der Waals surface area contributed by atoms with Crippen molar-refractivity contribution in [1.82, 2.24) is 4.90 Å². The van der Waals surface area contributed by atoms with Crippen LogP contribution in [0.25, 0.3) is 0 Å². The van der Waals surface area contributed by atoms with Gasteiger partial charge in [-0.3, -0.25) is 0 Å². The van der Waals surface area contributed by atoms with E-state index >= 15 is 0 Å². The molecule has 1 unspecified atom stereocenters. The Morgan fingerprint density at radius 1 is 1.50 bits per heavy atom. The van der Waals surface area contributed by atoms with Crippen LogP contribution >= 0.6 is 15.9 Å². The molecule has 1 aliphatic rings. The Morgan fingerprint density at radius 3 is 2.75 bits per heavy atom. The highest BCUT2D eigenvalue weighted by molar-refractivity contribution is 9.10. The van der Waals surface area contributed by atoms with Crippen molar-refractivity contribution < 1.29 is 14.3 Å². The summed E-state index contributed by atoms with van der Waals surface area (Å²) in [5.74, 6) is -0.142. The van der Waals surface area contributed by atoms with Crippen molar-refractivity contribution in [2.75, 3.05) is 18.4 Å². The number of aliphatic hydroxyl groups is 1. The van der Waals surface area contributed by atoms with Crippen LogP contribution in [0, 0.1) is 11.7 Å². The minimum Gasteiger partial charge on any atom is -0.393 e. The SMILES string of the molecule is CC(O)C1CCN(C(=O)Nc2cc(F)ccc2Br)CC1. The van der Waals surface area contributed by atoms with Crippen LogP contribution in [0.2, 0.25) is 0 Å². The molecule has 2 N–H and O–H groups in total. The predicted octanol–water partition coefficient (Wildman–Crippen LogP) is 3.21. The Balaban J connectivity index is 1.94. The highest BCUT2D eigenvalue weighted by Crippen LogP contribution is 2.25. The molecule has 1 aromatic rings. The second-order valence-electron chi connectivity index (χ2n) is 5.12. The molecule has 0 radical (unpaired) electrons. The molecule has 0 aliphatic carbocycles. The number of nitrogens with zero attached hydrogens (tertiary/aromatic N) is 1. The van der Waals surface area contributed by atoms with E-state index < -0.39 is 5.82 Å². The van der Waals surface area contributed by atoms with Gasteiger partial charge in [-0.2, -0.15) is 0 Å². The maximum absolute atomic E-state index is 13.2. The zero-order valence-corrected chi connectivity index (χ0v) is 12.9. The first-order chi connectivity index (χ1) is 9.47. The maximum Gasteiger partial charge on any atom is 0.321 e. The number of nitrogens with one attached hydrogen (secondary N) is 1. The van der Waals surface area contributed by atoms with Crippen LogP contribution in [0.3, 0.4) is 0 Å². The zero-order chi connectivity index (χ0) is 14.7. The minimum absolute atomic E-state index is 0.236. The molecule has 0 spiro atoms. The van der Waals surface area contributed by atoms with Gasteiger partial charge in [-0.1, -0.05) is 0 Å². The number of benzene rings is 1. The third kappa shape index (κ3) is 3.70. The Kier molecular flexibility index (Phi) is 4.99. The average molecular weight is 345 g/mol. The molecule has 1 atom stereocenters. The number of likely N-dealkylation sites (tertiary alicyclic amines) is 1. The lowest BCUT2D eigenvalue weighted by Crippen LogP contribution is -2.42. The number of anilines is 1. The van der Waals surface area contributed by atoms with Crippen LogP contribution in [0.4, 0.5) is 14.9 Å². The molecule has 0 bridgehead atoms. The van der Waals surface area contributed by atoms with E-state index in [-0.39, 0.29) is 18.1 Å². The third-order valence-corrected chi connectivity index (χ3v) is 4.37. The molecule has 1 fully saturated rings. The monoisotopic (exact) mass is 344 g/mol. The number of hydrogen-bond acceptors (Lipinski definition) is 2. The van der Waals surface area contributed by atoms with E-state index in [9.17, 15) is 14.3 Å². The predicted molar refractivity (Wildman–Crippen MR) is 79.1 cm³/mol. The van der Waals surface area contributed by atoms with Crippen molar-refractivity contribution in [1.29, 1.82) is 0 Å². The summed E-state index contributed by atoms with van der Waals surface area (Å²) in [6.07, 6.45) is 1.24. The summed E-state index contributed by atoms with van der Waals surface area (Å²) in [6.45, 7) is 2.99. The highest BCUT2D eigenvalue weighted by Gasteiger charge is 2.25. The molecule has 1 saturated heterocycles. The molecule has 1 aliphatic heterocycles. The van der Waals surface area contributed by atoms with E-state index in [1.807, 2.05) is 0 Å². The number of urea groups is 1. The van der Waals surface area contributed by atoms with Gasteiger partial charge in [-0.25, -0.2) is 9.18 Å². The molecule has 0 aromatic heterocycles. The molecule has 110 valence electrons. The lowest BCUT2D eigenvalue weighted by molar-refractivity contribution is 0.0820. The van der Waals surface area contributed by atoms with Crippen molar-refractivity contribution in [3.63, 3.8) is 0 Å². The molecular weight excluding hydrogens is 327 g/mol. The van der Waals surface area contributed by atoms with Crippen LogP contribution < -0.4 is 5.32 Å². The summed E-state index contributed by atoms with van der Waals surface area (Å²) >= 11 is 3.28. The van der Waals surface area contributed by atoms with E-state index in [4.69, 9.17) is 0 Å². The number of piperidine rings is 1. The van der Waals surface area contributed by atoms with E-state index in [0.717, 1.165) is 12.8 Å². The fourth-order valence-corrected chi connectivity index (χ4v) is 2.72. The van der Waals surface area contributed by atoms with Gasteiger partial charge in [0.25, 0.3) is 0 Å². The quantitative estimate of drug-likeness (QED) is 0.865. The van der Waals surface area contributed by atoms with Gasteiger partial charge < -0.3 is 15.3 Å². The first kappa shape index (κ1) is 15.3. The van der Waals surface area contributed by atoms with Gasteiger partial charge in [0.15, 0.2) is 0 Å². The molecule has 1 heterocycles. The normalized spacial score (nSPS) is 17.9. The van der Waals surface area contributed by atoms with Gasteiger partial charge in [0.2, 0.25) is 0 Å². The fraction of sp³-hybridized carbons (Fsp3) is 0.500. The molecule has 6 heteroatoms. The second-order valence-corrected chi connectivity index (χ2v) is 5.97. The topological polar surface area (TPSA) is 52.6 Å². The van der Waals surface area contributed by atoms with Crippen LogP contribution in [0.15, 0.2) is 22.7 Å². The van der Waals surface area contributed by atoms with E-state index in [0.29, 0.717) is 23.2 Å². The molecule has 2 rings (SSSR count). The summed E-state index contributed by atoms with van der Waals surface area (Å²) in [7, 11) is 0. The van der Waals surface area contributed by atoms with E-state index in [1.165, 1.54) is 12.1 Å². The van der Waals surface area contributed by atoms with Crippen molar-refractivity contribution >= 4 is 27.6 Å². The average Bonchev–Trinajstić information content (AvgIpc) is 2.43. The van der Waals surface area contributed by atoms with E-state index in [1.54, 1.807) is 17.9 Å². The molecule has 2 amide bonds. The van der Waals surface area contributed by atoms with Gasteiger partial charge in [0.05, 0.1) is 11.8 Å². The van der Waals surface area contributed by atoms with Crippen molar-refractivity contribution in [2.24, 2.45) is 5.92 Å². The number of carbonyl (C=O) groups is 1. The number of hydrogen-bond donors (Lipinski definition) is 2. The summed E-state index contributed by atoms with van der Waals surface area (Å²) < 4.78 is 13.8. The largest absolute Gasteiger partial charge is 0.393 e. The zero-order valence-electron chi connectivity index (χ0n) is 11.3. The Bertz CT molecular complexity index is 488.